The molecule has 126 valence electrons. The summed E-state index contributed by atoms with van der Waals surface area (Å²) in [7, 11) is 0. The lowest BCUT2D eigenvalue weighted by Crippen LogP contribution is -2.47. The number of fused-ring (bicyclic) bond motifs is 1. The number of aryl methyl sites for hydroxylation is 1. The topological polar surface area (TPSA) is 61.4 Å². The van der Waals surface area contributed by atoms with Gasteiger partial charge in [0.15, 0.2) is 0 Å². The number of amides is 2. The molecule has 1 aliphatic rings. The largest absolute Gasteiger partial charge is 0.388 e. The van der Waals surface area contributed by atoms with Crippen molar-refractivity contribution in [3.05, 3.63) is 63.6 Å². The van der Waals surface area contributed by atoms with E-state index < -0.39 is 5.60 Å². The first kappa shape index (κ1) is 17.1. The molecule has 0 spiro atoms. The SMILES string of the molecule is O=C(NC[C@@]1(O)CCc2ccccc2C1)Nc1ccc(Cl)c(Cl)c1. The smallest absolute Gasteiger partial charge is 0.319 e. The lowest BCUT2D eigenvalue weighted by atomic mass is 9.80. The maximum Gasteiger partial charge on any atom is 0.319 e. The molecule has 0 fully saturated rings. The first-order valence-electron chi connectivity index (χ1n) is 7.74. The molecule has 4 nitrogen and oxygen atoms in total. The van der Waals surface area contributed by atoms with Gasteiger partial charge in [0.1, 0.15) is 0 Å². The fourth-order valence-corrected chi connectivity index (χ4v) is 3.23. The number of hydrogen-bond donors (Lipinski definition) is 3. The van der Waals surface area contributed by atoms with Crippen LogP contribution in [0.15, 0.2) is 42.5 Å². The minimum atomic E-state index is -0.927. The van der Waals surface area contributed by atoms with Crippen LogP contribution in [0.25, 0.3) is 0 Å². The van der Waals surface area contributed by atoms with E-state index in [4.69, 9.17) is 23.2 Å². The highest BCUT2D eigenvalue weighted by Gasteiger charge is 2.32. The van der Waals surface area contributed by atoms with E-state index in [2.05, 4.69) is 16.7 Å². The van der Waals surface area contributed by atoms with Gasteiger partial charge in [-0.2, -0.15) is 0 Å². The number of rotatable bonds is 3. The van der Waals surface area contributed by atoms with Crippen LogP contribution in [0, 0.1) is 0 Å². The van der Waals surface area contributed by atoms with Crippen molar-refractivity contribution in [2.75, 3.05) is 11.9 Å². The molecule has 0 saturated heterocycles. The van der Waals surface area contributed by atoms with E-state index in [0.29, 0.717) is 28.6 Å². The van der Waals surface area contributed by atoms with Gasteiger partial charge in [0, 0.05) is 18.7 Å². The summed E-state index contributed by atoms with van der Waals surface area (Å²) >= 11 is 11.8. The van der Waals surface area contributed by atoms with Crippen LogP contribution in [0.5, 0.6) is 0 Å². The Balaban J connectivity index is 1.57. The van der Waals surface area contributed by atoms with E-state index in [1.54, 1.807) is 18.2 Å². The molecule has 0 bridgehead atoms. The number of urea groups is 1. The lowest BCUT2D eigenvalue weighted by Gasteiger charge is -2.33. The van der Waals surface area contributed by atoms with Crippen molar-refractivity contribution in [2.45, 2.75) is 24.9 Å². The van der Waals surface area contributed by atoms with Gasteiger partial charge in [-0.05, 0) is 42.2 Å². The average Bonchev–Trinajstić information content (AvgIpc) is 2.56. The monoisotopic (exact) mass is 364 g/mol. The number of benzene rings is 2. The van der Waals surface area contributed by atoms with Gasteiger partial charge in [-0.25, -0.2) is 4.79 Å². The van der Waals surface area contributed by atoms with E-state index in [9.17, 15) is 9.90 Å². The molecule has 1 atom stereocenters. The number of hydrogen-bond acceptors (Lipinski definition) is 2. The molecule has 2 amide bonds. The van der Waals surface area contributed by atoms with Crippen molar-refractivity contribution >= 4 is 34.9 Å². The zero-order chi connectivity index (χ0) is 17.2. The first-order chi connectivity index (χ1) is 11.5. The van der Waals surface area contributed by atoms with Crippen molar-refractivity contribution in [2.24, 2.45) is 0 Å². The summed E-state index contributed by atoms with van der Waals surface area (Å²) in [6, 6.07) is 12.6. The van der Waals surface area contributed by atoms with Crippen LogP contribution in [-0.2, 0) is 12.8 Å². The third-order valence-corrected chi connectivity index (χ3v) is 4.99. The molecule has 24 heavy (non-hydrogen) atoms. The summed E-state index contributed by atoms with van der Waals surface area (Å²) in [5.41, 5.74) is 2.02. The molecule has 0 unspecified atom stereocenters. The quantitative estimate of drug-likeness (QED) is 0.769. The molecule has 0 saturated carbocycles. The number of anilines is 1. The van der Waals surface area contributed by atoms with Gasteiger partial charge in [0.25, 0.3) is 0 Å². The second-order valence-corrected chi connectivity index (χ2v) is 6.92. The molecule has 2 aromatic rings. The number of carbonyl (C=O) groups is 1. The zero-order valence-corrected chi connectivity index (χ0v) is 14.5. The van der Waals surface area contributed by atoms with Crippen molar-refractivity contribution in [1.82, 2.24) is 5.32 Å². The summed E-state index contributed by atoms with van der Waals surface area (Å²) in [4.78, 5) is 12.0. The maximum atomic E-state index is 12.0. The average molecular weight is 365 g/mol. The predicted octanol–water partition coefficient (Wildman–Crippen LogP) is 4.03. The highest BCUT2D eigenvalue weighted by molar-refractivity contribution is 6.42. The second kappa shape index (κ2) is 7.01. The van der Waals surface area contributed by atoms with Gasteiger partial charge in [-0.1, -0.05) is 47.5 Å². The van der Waals surface area contributed by atoms with E-state index in [0.717, 1.165) is 12.0 Å². The van der Waals surface area contributed by atoms with Crippen molar-refractivity contribution in [3.63, 3.8) is 0 Å². The van der Waals surface area contributed by atoms with Crippen LogP contribution in [0.4, 0.5) is 10.5 Å². The first-order valence-corrected chi connectivity index (χ1v) is 8.50. The molecule has 0 aromatic heterocycles. The highest BCUT2D eigenvalue weighted by Crippen LogP contribution is 2.28. The van der Waals surface area contributed by atoms with E-state index in [1.807, 2.05) is 18.2 Å². The zero-order valence-electron chi connectivity index (χ0n) is 13.0. The fourth-order valence-electron chi connectivity index (χ4n) is 2.93. The van der Waals surface area contributed by atoms with Crippen molar-refractivity contribution in [1.29, 1.82) is 0 Å². The second-order valence-electron chi connectivity index (χ2n) is 6.11. The van der Waals surface area contributed by atoms with Crippen LogP contribution in [0.2, 0.25) is 10.0 Å². The van der Waals surface area contributed by atoms with E-state index in [1.165, 1.54) is 5.56 Å². The van der Waals surface area contributed by atoms with Gasteiger partial charge in [-0.3, -0.25) is 0 Å². The fraction of sp³-hybridized carbons (Fsp3) is 0.278. The molecule has 1 aliphatic carbocycles. The van der Waals surface area contributed by atoms with Crippen molar-refractivity contribution < 1.29 is 9.90 Å². The number of carbonyl (C=O) groups excluding carboxylic acids is 1. The minimum absolute atomic E-state index is 0.189. The summed E-state index contributed by atoms with van der Waals surface area (Å²) in [6.45, 7) is 0.189. The summed E-state index contributed by atoms with van der Waals surface area (Å²) in [5.74, 6) is 0. The van der Waals surface area contributed by atoms with Crippen molar-refractivity contribution in [3.8, 4) is 0 Å². The molecule has 3 rings (SSSR count). The predicted molar refractivity (Wildman–Crippen MR) is 96.9 cm³/mol. The van der Waals surface area contributed by atoms with Crippen LogP contribution in [0.3, 0.4) is 0 Å². The van der Waals surface area contributed by atoms with Crippen LogP contribution in [-0.4, -0.2) is 23.3 Å². The van der Waals surface area contributed by atoms with Crippen LogP contribution < -0.4 is 10.6 Å². The third kappa shape index (κ3) is 4.01. The molecular formula is C18H18Cl2N2O2. The van der Waals surface area contributed by atoms with Gasteiger partial charge < -0.3 is 15.7 Å². The number of halogens is 2. The van der Waals surface area contributed by atoms with Crippen LogP contribution in [0.1, 0.15) is 17.5 Å². The summed E-state index contributed by atoms with van der Waals surface area (Å²) < 4.78 is 0. The maximum absolute atomic E-state index is 12.0. The Morgan fingerprint density at radius 1 is 1.12 bits per heavy atom. The Hall–Kier alpha value is -1.75. The molecule has 6 heteroatoms. The van der Waals surface area contributed by atoms with Gasteiger partial charge >= 0.3 is 6.03 Å². The molecule has 0 radical (unpaired) electrons. The minimum Gasteiger partial charge on any atom is -0.388 e. The van der Waals surface area contributed by atoms with Gasteiger partial charge in [-0.15, -0.1) is 0 Å². The Morgan fingerprint density at radius 3 is 2.62 bits per heavy atom. The molecule has 0 aliphatic heterocycles. The molecule has 2 aromatic carbocycles. The third-order valence-electron chi connectivity index (χ3n) is 4.25. The standard InChI is InChI=1S/C18H18Cl2N2O2/c19-15-6-5-14(9-16(15)20)22-17(23)21-11-18(24)8-7-12-3-1-2-4-13(12)10-18/h1-6,9,24H,7-8,10-11H2,(H2,21,22,23)/t18-/m1/s1. The highest BCUT2D eigenvalue weighted by atomic mass is 35.5. The molecule has 3 N–H and O–H groups in total. The summed E-state index contributed by atoms with van der Waals surface area (Å²) in [5, 5.41) is 16.9. The van der Waals surface area contributed by atoms with Crippen LogP contribution >= 0.6 is 23.2 Å². The lowest BCUT2D eigenvalue weighted by molar-refractivity contribution is 0.0295. The Morgan fingerprint density at radius 2 is 1.88 bits per heavy atom. The summed E-state index contributed by atoms with van der Waals surface area (Å²) in [6.07, 6.45) is 1.97. The van der Waals surface area contributed by atoms with E-state index in [-0.39, 0.29) is 12.6 Å². The molecular weight excluding hydrogens is 347 g/mol. The van der Waals surface area contributed by atoms with E-state index >= 15 is 0 Å². The Labute approximate surface area is 150 Å². The number of nitrogens with one attached hydrogen (secondary N) is 2. The van der Waals surface area contributed by atoms with Gasteiger partial charge in [0.05, 0.1) is 15.6 Å². The Kier molecular flexibility index (Phi) is 4.99. The number of aliphatic hydroxyl groups is 1. The molecule has 0 heterocycles. The van der Waals surface area contributed by atoms with Gasteiger partial charge in [0.2, 0.25) is 0 Å². The normalized spacial score (nSPS) is 19.5. The Bertz CT molecular complexity index is 766.